The van der Waals surface area contributed by atoms with Crippen molar-refractivity contribution in [2.24, 2.45) is 0 Å². The van der Waals surface area contributed by atoms with Crippen LogP contribution in [0.15, 0.2) is 76.6 Å². The van der Waals surface area contributed by atoms with Crippen LogP contribution in [0.25, 0.3) is 39.2 Å². The summed E-state index contributed by atoms with van der Waals surface area (Å²) < 4.78 is 38.7. The molecule has 31 heavy (non-hydrogen) atoms. The summed E-state index contributed by atoms with van der Waals surface area (Å²) in [5, 5.41) is 9.06. The number of nitrogens with zero attached hydrogens (tertiary/aromatic N) is 4. The van der Waals surface area contributed by atoms with E-state index in [0.717, 1.165) is 22.1 Å². The average molecular weight is 451 g/mol. The van der Waals surface area contributed by atoms with Crippen LogP contribution in [0, 0.1) is 5.82 Å². The maximum Gasteiger partial charge on any atom is 0.251 e. The van der Waals surface area contributed by atoms with Crippen molar-refractivity contribution < 1.29 is 12.8 Å². The third-order valence-electron chi connectivity index (χ3n) is 4.85. The number of hydrogen-bond donors (Lipinski definition) is 0. The number of halogens is 1. The lowest BCUT2D eigenvalue weighted by atomic mass is 10.1. The molecule has 0 bridgehead atoms. The first kappa shape index (κ1) is 19.5. The molecule has 6 nitrogen and oxygen atoms in total. The number of hydrogen-bond acceptors (Lipinski definition) is 6. The molecule has 3 heterocycles. The molecule has 2 aromatic carbocycles. The molecule has 0 radical (unpaired) electrons. The minimum absolute atomic E-state index is 0.254. The van der Waals surface area contributed by atoms with Gasteiger partial charge in [0, 0.05) is 40.4 Å². The summed E-state index contributed by atoms with van der Waals surface area (Å²) in [5.41, 5.74) is 3.70. The van der Waals surface area contributed by atoms with Gasteiger partial charge in [0.05, 0.1) is 22.3 Å². The van der Waals surface area contributed by atoms with Gasteiger partial charge in [-0.05, 0) is 41.3 Å². The van der Waals surface area contributed by atoms with Gasteiger partial charge in [0.25, 0.3) is 5.95 Å². The Hall–Kier alpha value is -3.43. The Morgan fingerprint density at radius 2 is 1.77 bits per heavy atom. The van der Waals surface area contributed by atoms with E-state index in [-0.39, 0.29) is 10.7 Å². The first-order valence-corrected chi connectivity index (χ1v) is 12.1. The second-order valence-electron chi connectivity index (χ2n) is 7.02. The molecule has 0 spiro atoms. The Labute approximate surface area is 181 Å². The summed E-state index contributed by atoms with van der Waals surface area (Å²) in [7, 11) is -3.26. The first-order valence-electron chi connectivity index (χ1n) is 9.24. The van der Waals surface area contributed by atoms with Gasteiger partial charge in [0.15, 0.2) is 9.84 Å². The first-order chi connectivity index (χ1) is 14.9. The van der Waals surface area contributed by atoms with Gasteiger partial charge in [-0.3, -0.25) is 0 Å². The molecule has 0 saturated carbocycles. The van der Waals surface area contributed by atoms with Crippen LogP contribution in [-0.4, -0.2) is 34.4 Å². The van der Waals surface area contributed by atoms with E-state index in [1.165, 1.54) is 23.1 Å². The molecule has 0 atom stereocenters. The lowest BCUT2D eigenvalue weighted by Crippen LogP contribution is -2.03. The third-order valence-corrected chi connectivity index (χ3v) is 6.66. The van der Waals surface area contributed by atoms with E-state index in [1.807, 2.05) is 16.8 Å². The molecule has 0 unspecified atom stereocenters. The van der Waals surface area contributed by atoms with Crippen LogP contribution in [0.3, 0.4) is 0 Å². The van der Waals surface area contributed by atoms with Gasteiger partial charge in [0.2, 0.25) is 0 Å². The zero-order valence-electron chi connectivity index (χ0n) is 16.2. The normalized spacial score (nSPS) is 11.8. The molecule has 154 valence electrons. The largest absolute Gasteiger partial charge is 0.251 e. The molecule has 0 aliphatic heterocycles. The minimum Gasteiger partial charge on any atom is -0.224 e. The van der Waals surface area contributed by atoms with Gasteiger partial charge < -0.3 is 0 Å². The molecule has 0 aliphatic carbocycles. The van der Waals surface area contributed by atoms with Crippen molar-refractivity contribution in [3.63, 3.8) is 0 Å². The predicted octanol–water partition coefficient (Wildman–Crippen LogP) is 4.75. The van der Waals surface area contributed by atoms with Gasteiger partial charge in [-0.15, -0.1) is 0 Å². The number of thiophene rings is 1. The van der Waals surface area contributed by atoms with Gasteiger partial charge in [-0.1, -0.05) is 12.1 Å². The maximum atomic E-state index is 13.9. The van der Waals surface area contributed by atoms with Crippen LogP contribution in [0.1, 0.15) is 0 Å². The summed E-state index contributed by atoms with van der Waals surface area (Å²) in [6.07, 6.45) is 4.58. The highest BCUT2D eigenvalue weighted by Crippen LogP contribution is 2.29. The Bertz CT molecular complexity index is 1510. The Morgan fingerprint density at radius 3 is 2.48 bits per heavy atom. The van der Waals surface area contributed by atoms with E-state index in [9.17, 15) is 12.8 Å². The van der Waals surface area contributed by atoms with Crippen LogP contribution in [0.5, 0.6) is 0 Å². The number of benzene rings is 2. The van der Waals surface area contributed by atoms with Crippen molar-refractivity contribution in [2.45, 2.75) is 4.90 Å². The smallest absolute Gasteiger partial charge is 0.224 e. The standard InChI is InChI=1S/C22H15FN4O2S2/c1-31(28,29)18-5-2-14(3-6-18)16-11-24-27(12-16)22-25-20-10-17(23)4-7-19(20)21(26-22)15-8-9-30-13-15/h2-13H,1H3. The molecule has 0 aliphatic rings. The van der Waals surface area contributed by atoms with Crippen LogP contribution < -0.4 is 0 Å². The van der Waals surface area contributed by atoms with Gasteiger partial charge in [-0.25, -0.2) is 27.5 Å². The molecule has 9 heteroatoms. The fourth-order valence-electron chi connectivity index (χ4n) is 3.29. The average Bonchev–Trinajstić information content (AvgIpc) is 3.44. The van der Waals surface area contributed by atoms with Crippen LogP contribution >= 0.6 is 11.3 Å². The Balaban J connectivity index is 1.60. The Morgan fingerprint density at radius 1 is 0.968 bits per heavy atom. The second-order valence-corrected chi connectivity index (χ2v) is 9.81. The van der Waals surface area contributed by atoms with Gasteiger partial charge in [0.1, 0.15) is 5.82 Å². The van der Waals surface area contributed by atoms with Crippen molar-refractivity contribution in [3.05, 3.63) is 77.5 Å². The summed E-state index contributed by atoms with van der Waals surface area (Å²) in [5.74, 6) is -0.0566. The molecule has 0 saturated heterocycles. The van der Waals surface area contributed by atoms with E-state index in [4.69, 9.17) is 4.98 Å². The molecule has 3 aromatic heterocycles. The summed E-state index contributed by atoms with van der Waals surface area (Å²) in [4.78, 5) is 9.45. The SMILES string of the molecule is CS(=O)(=O)c1ccc(-c2cnn(-c3nc(-c4ccsc4)c4ccc(F)cc4n3)c2)cc1. The van der Waals surface area contributed by atoms with E-state index in [1.54, 1.807) is 54.1 Å². The lowest BCUT2D eigenvalue weighted by Gasteiger charge is -2.08. The number of aromatic nitrogens is 4. The lowest BCUT2D eigenvalue weighted by molar-refractivity contribution is 0.602. The monoisotopic (exact) mass is 450 g/mol. The van der Waals surface area contributed by atoms with Gasteiger partial charge in [-0.2, -0.15) is 16.4 Å². The van der Waals surface area contributed by atoms with Crippen molar-refractivity contribution in [3.8, 4) is 28.3 Å². The fraction of sp³-hybridized carbons (Fsp3) is 0.0455. The van der Waals surface area contributed by atoms with Crippen molar-refractivity contribution in [1.29, 1.82) is 0 Å². The minimum atomic E-state index is -3.26. The predicted molar refractivity (Wildman–Crippen MR) is 118 cm³/mol. The van der Waals surface area contributed by atoms with E-state index in [0.29, 0.717) is 17.2 Å². The van der Waals surface area contributed by atoms with Crippen LogP contribution in [0.2, 0.25) is 0 Å². The summed E-state index contributed by atoms with van der Waals surface area (Å²) in [6.45, 7) is 0. The molecule has 0 N–H and O–H groups in total. The van der Waals surface area contributed by atoms with E-state index >= 15 is 0 Å². The van der Waals surface area contributed by atoms with Crippen molar-refractivity contribution in [1.82, 2.24) is 19.7 Å². The second kappa shape index (κ2) is 7.36. The Kier molecular flexibility index (Phi) is 4.64. The van der Waals surface area contributed by atoms with Crippen molar-refractivity contribution in [2.75, 3.05) is 6.26 Å². The maximum absolute atomic E-state index is 13.9. The highest BCUT2D eigenvalue weighted by molar-refractivity contribution is 7.90. The van der Waals surface area contributed by atoms with Crippen LogP contribution in [0.4, 0.5) is 4.39 Å². The number of rotatable bonds is 4. The number of fused-ring (bicyclic) bond motifs is 1. The summed E-state index contributed by atoms with van der Waals surface area (Å²) in [6, 6.07) is 13.0. The molecule has 0 fully saturated rings. The highest BCUT2D eigenvalue weighted by atomic mass is 32.2. The highest BCUT2D eigenvalue weighted by Gasteiger charge is 2.14. The molecule has 5 rings (SSSR count). The molecule has 5 aromatic rings. The zero-order valence-corrected chi connectivity index (χ0v) is 17.9. The van der Waals surface area contributed by atoms with Crippen LogP contribution in [-0.2, 0) is 9.84 Å². The molecular weight excluding hydrogens is 435 g/mol. The zero-order chi connectivity index (χ0) is 21.6. The molecule has 0 amide bonds. The molecular formula is C22H15FN4O2S2. The third kappa shape index (κ3) is 3.73. The fourth-order valence-corrected chi connectivity index (χ4v) is 4.56. The van der Waals surface area contributed by atoms with Crippen molar-refractivity contribution >= 4 is 32.1 Å². The number of sulfone groups is 1. The topological polar surface area (TPSA) is 77.7 Å². The quantitative estimate of drug-likeness (QED) is 0.395. The summed E-state index contributed by atoms with van der Waals surface area (Å²) >= 11 is 1.55. The van der Waals surface area contributed by atoms with E-state index in [2.05, 4.69) is 10.1 Å². The van der Waals surface area contributed by atoms with Gasteiger partial charge >= 0.3 is 0 Å². The van der Waals surface area contributed by atoms with E-state index < -0.39 is 9.84 Å².